The first-order valence-electron chi connectivity index (χ1n) is 16.1. The van der Waals surface area contributed by atoms with E-state index in [1.165, 1.54) is 6.07 Å². The number of hydrogen-bond donors (Lipinski definition) is 3. The minimum absolute atomic E-state index is 0.0265. The Balaban J connectivity index is 1.07. The van der Waals surface area contributed by atoms with Gasteiger partial charge in [0.2, 0.25) is 5.91 Å². The average molecular weight is 639 g/mol. The Kier molecular flexibility index (Phi) is 9.97. The SMILES string of the molecule is O=C(N[C@H](Cc1ccc(O)c(Cl)c1)C(=O)N1CCN(C2CCOCC2)CC1)N1CCC(N2CCc3ccccc3NC2=O)CC1. The average Bonchev–Trinajstić information content (AvgIpc) is 3.24. The summed E-state index contributed by atoms with van der Waals surface area (Å²) in [6.45, 7) is 5.97. The fourth-order valence-electron chi connectivity index (χ4n) is 7.05. The number of nitrogens with one attached hydrogen (secondary N) is 2. The van der Waals surface area contributed by atoms with Crippen molar-refractivity contribution >= 4 is 35.3 Å². The summed E-state index contributed by atoms with van der Waals surface area (Å²) in [4.78, 5) is 48.5. The number of halogens is 1. The number of fused-ring (bicyclic) bond motifs is 1. The first-order valence-corrected chi connectivity index (χ1v) is 16.5. The van der Waals surface area contributed by atoms with E-state index in [0.29, 0.717) is 51.6 Å². The van der Waals surface area contributed by atoms with Crippen LogP contribution < -0.4 is 10.6 Å². The molecule has 45 heavy (non-hydrogen) atoms. The van der Waals surface area contributed by atoms with Gasteiger partial charge in [0.25, 0.3) is 0 Å². The van der Waals surface area contributed by atoms with Gasteiger partial charge < -0.3 is 35.2 Å². The van der Waals surface area contributed by atoms with Gasteiger partial charge in [-0.05, 0) is 61.4 Å². The smallest absolute Gasteiger partial charge is 0.322 e. The molecule has 12 heteroatoms. The zero-order chi connectivity index (χ0) is 31.3. The van der Waals surface area contributed by atoms with Gasteiger partial charge in [-0.15, -0.1) is 0 Å². The predicted molar refractivity (Wildman–Crippen MR) is 172 cm³/mol. The van der Waals surface area contributed by atoms with Gasteiger partial charge in [0, 0.05) is 83.2 Å². The fourth-order valence-corrected chi connectivity index (χ4v) is 7.25. The summed E-state index contributed by atoms with van der Waals surface area (Å²) in [5.74, 6) is -0.142. The number of piperazine rings is 1. The number of aromatic hydroxyl groups is 1. The number of likely N-dealkylation sites (tertiary alicyclic amines) is 1. The summed E-state index contributed by atoms with van der Waals surface area (Å²) in [6.07, 6.45) is 4.40. The number of piperidine rings is 1. The van der Waals surface area contributed by atoms with E-state index in [0.717, 1.165) is 62.4 Å². The van der Waals surface area contributed by atoms with Crippen molar-refractivity contribution < 1.29 is 24.2 Å². The van der Waals surface area contributed by atoms with Crippen molar-refractivity contribution in [2.45, 2.75) is 56.7 Å². The van der Waals surface area contributed by atoms with Crippen molar-refractivity contribution in [1.82, 2.24) is 24.9 Å². The fraction of sp³-hybridized carbons (Fsp3) is 0.545. The number of rotatable bonds is 6. The maximum Gasteiger partial charge on any atom is 0.322 e. The molecule has 4 aliphatic heterocycles. The van der Waals surface area contributed by atoms with Crippen molar-refractivity contribution in [1.29, 1.82) is 0 Å². The number of hydrogen-bond acceptors (Lipinski definition) is 6. The standard InChI is InChI=1S/C33H43ClN6O5/c34-27-21-23(5-6-30(27)41)22-29(31(42)38-17-15-37(16-18-38)25-10-19-45-20-11-25)36-32(43)39-12-8-26(9-13-39)40-14-7-24-3-1-2-4-28(24)35-33(40)44/h1-6,21,25-26,29,41H,7-20,22H2,(H,35,44)(H,36,43)/t29-/m1/s1. The molecule has 3 fully saturated rings. The minimum atomic E-state index is -0.777. The van der Waals surface area contributed by atoms with Crippen LogP contribution >= 0.6 is 11.6 Å². The van der Waals surface area contributed by atoms with E-state index in [4.69, 9.17) is 16.3 Å². The molecule has 242 valence electrons. The van der Waals surface area contributed by atoms with Gasteiger partial charge in [0.1, 0.15) is 11.8 Å². The van der Waals surface area contributed by atoms with Crippen LogP contribution in [0.3, 0.4) is 0 Å². The van der Waals surface area contributed by atoms with Gasteiger partial charge in [0.15, 0.2) is 0 Å². The van der Waals surface area contributed by atoms with Crippen molar-refractivity contribution in [3.8, 4) is 5.75 Å². The highest BCUT2D eigenvalue weighted by atomic mass is 35.5. The van der Waals surface area contributed by atoms with Crippen LogP contribution in [-0.4, -0.2) is 120 Å². The highest BCUT2D eigenvalue weighted by Crippen LogP contribution is 2.26. The summed E-state index contributed by atoms with van der Waals surface area (Å²) >= 11 is 6.18. The normalized spacial score (nSPS) is 21.1. The molecule has 3 saturated heterocycles. The molecule has 0 aliphatic carbocycles. The van der Waals surface area contributed by atoms with Crippen molar-refractivity contribution in [3.63, 3.8) is 0 Å². The second-order valence-corrected chi connectivity index (χ2v) is 12.9. The molecule has 3 N–H and O–H groups in total. The monoisotopic (exact) mass is 638 g/mol. The zero-order valence-corrected chi connectivity index (χ0v) is 26.4. The van der Waals surface area contributed by atoms with Gasteiger partial charge in [-0.1, -0.05) is 35.9 Å². The Labute approximate surface area is 269 Å². The number of amides is 5. The molecular weight excluding hydrogens is 596 g/mol. The Hall–Kier alpha value is -3.54. The molecule has 11 nitrogen and oxygen atoms in total. The largest absolute Gasteiger partial charge is 0.506 e. The number of phenols is 1. The lowest BCUT2D eigenvalue weighted by Crippen LogP contribution is -2.59. The second kappa shape index (κ2) is 14.3. The molecule has 2 aromatic carbocycles. The van der Waals surface area contributed by atoms with E-state index < -0.39 is 6.04 Å². The first kappa shape index (κ1) is 31.4. The van der Waals surface area contributed by atoms with E-state index in [1.54, 1.807) is 17.0 Å². The lowest BCUT2D eigenvalue weighted by molar-refractivity contribution is -0.135. The van der Waals surface area contributed by atoms with Gasteiger partial charge in [0.05, 0.1) is 5.02 Å². The van der Waals surface area contributed by atoms with Crippen LogP contribution in [-0.2, 0) is 22.4 Å². The van der Waals surface area contributed by atoms with Crippen LogP contribution in [0.15, 0.2) is 42.5 Å². The third-order valence-corrected chi connectivity index (χ3v) is 10.0. The van der Waals surface area contributed by atoms with Crippen molar-refractivity contribution in [3.05, 3.63) is 58.6 Å². The van der Waals surface area contributed by atoms with Crippen LogP contribution in [0.2, 0.25) is 5.02 Å². The van der Waals surface area contributed by atoms with Gasteiger partial charge >= 0.3 is 12.1 Å². The van der Waals surface area contributed by atoms with E-state index in [-0.39, 0.29) is 41.2 Å². The molecule has 2 aromatic rings. The van der Waals surface area contributed by atoms with Crippen LogP contribution in [0, 0.1) is 0 Å². The molecule has 0 bridgehead atoms. The van der Waals surface area contributed by atoms with E-state index in [2.05, 4.69) is 15.5 Å². The quantitative estimate of drug-likeness (QED) is 0.446. The minimum Gasteiger partial charge on any atom is -0.506 e. The number of ether oxygens (including phenoxy) is 1. The number of carbonyl (C=O) groups excluding carboxylic acids is 3. The highest BCUT2D eigenvalue weighted by Gasteiger charge is 2.35. The number of urea groups is 2. The third kappa shape index (κ3) is 7.48. The molecule has 5 amide bonds. The van der Waals surface area contributed by atoms with Gasteiger partial charge in [-0.25, -0.2) is 9.59 Å². The third-order valence-electron chi connectivity index (χ3n) is 9.72. The second-order valence-electron chi connectivity index (χ2n) is 12.4. The molecule has 0 spiro atoms. The lowest BCUT2D eigenvalue weighted by Gasteiger charge is -2.42. The number of benzene rings is 2. The Morgan fingerprint density at radius 2 is 1.67 bits per heavy atom. The Bertz CT molecular complexity index is 1370. The summed E-state index contributed by atoms with van der Waals surface area (Å²) in [6, 6.07) is 12.1. The Morgan fingerprint density at radius 3 is 2.40 bits per heavy atom. The molecule has 4 aliphatic rings. The van der Waals surface area contributed by atoms with Crippen molar-refractivity contribution in [2.24, 2.45) is 0 Å². The predicted octanol–water partition coefficient (Wildman–Crippen LogP) is 3.54. The summed E-state index contributed by atoms with van der Waals surface area (Å²) < 4.78 is 5.52. The summed E-state index contributed by atoms with van der Waals surface area (Å²) in [5, 5.41) is 16.2. The number of para-hydroxylation sites is 1. The van der Waals surface area contributed by atoms with Gasteiger partial charge in [-0.3, -0.25) is 9.69 Å². The Morgan fingerprint density at radius 1 is 0.933 bits per heavy atom. The molecule has 0 aromatic heterocycles. The lowest BCUT2D eigenvalue weighted by atomic mass is 10.0. The molecule has 1 atom stereocenters. The zero-order valence-electron chi connectivity index (χ0n) is 25.6. The van der Waals surface area contributed by atoms with Gasteiger partial charge in [-0.2, -0.15) is 0 Å². The van der Waals surface area contributed by atoms with Crippen LogP contribution in [0.1, 0.15) is 36.8 Å². The topological polar surface area (TPSA) is 118 Å². The van der Waals surface area contributed by atoms with Crippen molar-refractivity contribution in [2.75, 3.05) is 64.3 Å². The molecule has 4 heterocycles. The molecular formula is C33H43ClN6O5. The highest BCUT2D eigenvalue weighted by molar-refractivity contribution is 6.32. The van der Waals surface area contributed by atoms with E-state index >= 15 is 0 Å². The molecule has 0 radical (unpaired) electrons. The van der Waals surface area contributed by atoms with E-state index in [1.807, 2.05) is 34.1 Å². The number of carbonyl (C=O) groups is 3. The maximum absolute atomic E-state index is 13.9. The maximum atomic E-state index is 13.9. The number of nitrogens with zero attached hydrogens (tertiary/aromatic N) is 4. The molecule has 0 unspecified atom stereocenters. The van der Waals surface area contributed by atoms with Crippen LogP contribution in [0.4, 0.5) is 15.3 Å². The first-order chi connectivity index (χ1) is 21.9. The molecule has 0 saturated carbocycles. The summed E-state index contributed by atoms with van der Waals surface area (Å²) in [7, 11) is 0. The van der Waals surface area contributed by atoms with E-state index in [9.17, 15) is 19.5 Å². The number of anilines is 1. The van der Waals surface area contributed by atoms with Crippen LogP contribution in [0.5, 0.6) is 5.75 Å². The summed E-state index contributed by atoms with van der Waals surface area (Å²) in [5.41, 5.74) is 2.74. The molecule has 6 rings (SSSR count). The number of phenolic OH excluding ortho intramolecular Hbond substituents is 1. The van der Waals surface area contributed by atoms with Crippen LogP contribution in [0.25, 0.3) is 0 Å².